The number of likely N-dealkylation sites (tertiary alicyclic amines) is 1. The Morgan fingerprint density at radius 1 is 1.04 bits per heavy atom. The van der Waals surface area contributed by atoms with Crippen molar-refractivity contribution < 1.29 is 9.53 Å². The van der Waals surface area contributed by atoms with Gasteiger partial charge in [-0.25, -0.2) is 0 Å². The maximum absolute atomic E-state index is 12.9. The number of nitrogens with zero attached hydrogens (tertiary/aromatic N) is 2. The van der Waals surface area contributed by atoms with E-state index in [2.05, 4.69) is 57.5 Å². The second-order valence-corrected chi connectivity index (χ2v) is 8.21. The maximum Gasteiger partial charge on any atom is 0.222 e. The maximum atomic E-state index is 12.9. The first kappa shape index (κ1) is 19.2. The lowest BCUT2D eigenvalue weighted by Gasteiger charge is -2.39. The molecule has 1 aromatic carbocycles. The highest BCUT2D eigenvalue weighted by molar-refractivity contribution is 5.77. The van der Waals surface area contributed by atoms with E-state index in [-0.39, 0.29) is 11.4 Å². The van der Waals surface area contributed by atoms with Crippen LogP contribution in [0.2, 0.25) is 0 Å². The molecule has 2 aromatic rings. The van der Waals surface area contributed by atoms with Gasteiger partial charge in [0.15, 0.2) is 0 Å². The van der Waals surface area contributed by atoms with Crippen LogP contribution in [0.3, 0.4) is 0 Å². The second-order valence-electron chi connectivity index (χ2n) is 8.21. The summed E-state index contributed by atoms with van der Waals surface area (Å²) in [6.45, 7) is 4.53. The van der Waals surface area contributed by atoms with E-state index >= 15 is 0 Å². The smallest absolute Gasteiger partial charge is 0.222 e. The molecule has 150 valence electrons. The SMILES string of the molecule is O=C(CC1(n2cccc2)CCOCC1)NC1CCN(Cc2ccccc2)CC1. The number of aromatic nitrogens is 1. The summed E-state index contributed by atoms with van der Waals surface area (Å²) in [7, 11) is 0. The van der Waals surface area contributed by atoms with E-state index in [4.69, 9.17) is 4.74 Å². The monoisotopic (exact) mass is 381 g/mol. The van der Waals surface area contributed by atoms with Gasteiger partial charge in [-0.2, -0.15) is 0 Å². The van der Waals surface area contributed by atoms with Crippen LogP contribution in [0.1, 0.15) is 37.7 Å². The van der Waals surface area contributed by atoms with Gasteiger partial charge in [-0.05, 0) is 43.4 Å². The molecule has 0 atom stereocenters. The van der Waals surface area contributed by atoms with Crippen molar-refractivity contribution in [1.82, 2.24) is 14.8 Å². The zero-order chi connectivity index (χ0) is 19.2. The number of nitrogens with one attached hydrogen (secondary N) is 1. The Balaban J connectivity index is 1.28. The van der Waals surface area contributed by atoms with Gasteiger partial charge in [0.25, 0.3) is 0 Å². The molecule has 0 spiro atoms. The minimum absolute atomic E-state index is 0.139. The third-order valence-corrected chi connectivity index (χ3v) is 6.27. The predicted octanol–water partition coefficient (Wildman–Crippen LogP) is 3.16. The molecule has 2 fully saturated rings. The zero-order valence-corrected chi connectivity index (χ0v) is 16.6. The molecule has 5 heteroatoms. The summed E-state index contributed by atoms with van der Waals surface area (Å²) in [5, 5.41) is 3.32. The molecule has 1 amide bonds. The summed E-state index contributed by atoms with van der Waals surface area (Å²) in [5.74, 6) is 0.178. The molecular formula is C23H31N3O2. The Kier molecular flexibility index (Phi) is 6.13. The number of ether oxygens (including phenoxy) is 1. The van der Waals surface area contributed by atoms with E-state index in [0.717, 1.165) is 58.5 Å². The van der Waals surface area contributed by atoms with Crippen molar-refractivity contribution in [3.63, 3.8) is 0 Å². The van der Waals surface area contributed by atoms with Crippen LogP contribution in [0.4, 0.5) is 0 Å². The van der Waals surface area contributed by atoms with E-state index in [1.54, 1.807) is 0 Å². The highest BCUT2D eigenvalue weighted by Crippen LogP contribution is 2.33. The number of hydrogen-bond acceptors (Lipinski definition) is 3. The Morgan fingerprint density at radius 3 is 2.39 bits per heavy atom. The first-order valence-corrected chi connectivity index (χ1v) is 10.5. The molecule has 0 bridgehead atoms. The lowest BCUT2D eigenvalue weighted by molar-refractivity contribution is -0.125. The van der Waals surface area contributed by atoms with Gasteiger partial charge in [0, 0.05) is 51.3 Å². The zero-order valence-electron chi connectivity index (χ0n) is 16.6. The third-order valence-electron chi connectivity index (χ3n) is 6.27. The number of piperidine rings is 1. The normalized spacial score (nSPS) is 20.7. The summed E-state index contributed by atoms with van der Waals surface area (Å²) in [4.78, 5) is 15.4. The van der Waals surface area contributed by atoms with Crippen molar-refractivity contribution in [3.05, 3.63) is 60.4 Å². The van der Waals surface area contributed by atoms with Crippen molar-refractivity contribution >= 4 is 5.91 Å². The largest absolute Gasteiger partial charge is 0.381 e. The van der Waals surface area contributed by atoms with Crippen molar-refractivity contribution in [2.24, 2.45) is 0 Å². The second kappa shape index (κ2) is 8.93. The molecule has 0 aliphatic carbocycles. The van der Waals surface area contributed by atoms with Crippen LogP contribution in [-0.2, 0) is 21.6 Å². The molecule has 1 N–H and O–H groups in total. The molecule has 3 heterocycles. The van der Waals surface area contributed by atoms with Crippen molar-refractivity contribution in [2.75, 3.05) is 26.3 Å². The summed E-state index contributed by atoms with van der Waals surface area (Å²) < 4.78 is 7.78. The van der Waals surface area contributed by atoms with Crippen molar-refractivity contribution in [1.29, 1.82) is 0 Å². The summed E-state index contributed by atoms with van der Waals surface area (Å²) >= 11 is 0. The Bertz CT molecular complexity index is 730. The Hall–Kier alpha value is -2.11. The highest BCUT2D eigenvalue weighted by atomic mass is 16.5. The lowest BCUT2D eigenvalue weighted by atomic mass is 9.85. The minimum Gasteiger partial charge on any atom is -0.381 e. The van der Waals surface area contributed by atoms with E-state index in [1.165, 1.54) is 5.56 Å². The van der Waals surface area contributed by atoms with E-state index in [9.17, 15) is 4.79 Å². The van der Waals surface area contributed by atoms with Crippen LogP contribution in [-0.4, -0.2) is 47.7 Å². The molecule has 2 aliphatic heterocycles. The minimum atomic E-state index is -0.139. The number of rotatable bonds is 6. The van der Waals surface area contributed by atoms with Gasteiger partial charge < -0.3 is 14.6 Å². The van der Waals surface area contributed by atoms with Crippen LogP contribution in [0.15, 0.2) is 54.9 Å². The fraction of sp³-hybridized carbons (Fsp3) is 0.522. The quantitative estimate of drug-likeness (QED) is 0.836. The molecule has 4 rings (SSSR count). The molecule has 0 unspecified atom stereocenters. The molecule has 2 saturated heterocycles. The van der Waals surface area contributed by atoms with E-state index in [0.29, 0.717) is 12.5 Å². The van der Waals surface area contributed by atoms with E-state index < -0.39 is 0 Å². The number of benzene rings is 1. The number of hydrogen-bond donors (Lipinski definition) is 1. The average molecular weight is 382 g/mol. The third kappa shape index (κ3) is 4.65. The van der Waals surface area contributed by atoms with Crippen molar-refractivity contribution in [2.45, 2.75) is 50.2 Å². The van der Waals surface area contributed by atoms with Crippen LogP contribution >= 0.6 is 0 Å². The van der Waals surface area contributed by atoms with Crippen molar-refractivity contribution in [3.8, 4) is 0 Å². The first-order valence-electron chi connectivity index (χ1n) is 10.5. The van der Waals surface area contributed by atoms with Gasteiger partial charge in [0.2, 0.25) is 5.91 Å². The standard InChI is InChI=1S/C23H31N3O2/c27-22(18-23(10-16-28-17-11-23)26-12-4-5-13-26)24-21-8-14-25(15-9-21)19-20-6-2-1-3-7-20/h1-7,12-13,21H,8-11,14-19H2,(H,24,27). The van der Waals surface area contributed by atoms with Crippen LogP contribution in [0.5, 0.6) is 0 Å². The van der Waals surface area contributed by atoms with Gasteiger partial charge in [-0.15, -0.1) is 0 Å². The van der Waals surface area contributed by atoms with E-state index in [1.807, 2.05) is 12.1 Å². The molecule has 28 heavy (non-hydrogen) atoms. The van der Waals surface area contributed by atoms with Crippen LogP contribution in [0, 0.1) is 0 Å². The van der Waals surface area contributed by atoms with Gasteiger partial charge >= 0.3 is 0 Å². The fourth-order valence-corrected chi connectivity index (χ4v) is 4.58. The van der Waals surface area contributed by atoms with Crippen LogP contribution in [0.25, 0.3) is 0 Å². The van der Waals surface area contributed by atoms with Gasteiger partial charge in [-0.3, -0.25) is 9.69 Å². The molecule has 5 nitrogen and oxygen atoms in total. The van der Waals surface area contributed by atoms with Gasteiger partial charge in [-0.1, -0.05) is 30.3 Å². The highest BCUT2D eigenvalue weighted by Gasteiger charge is 2.36. The first-order chi connectivity index (χ1) is 13.7. The molecule has 2 aliphatic rings. The molecule has 0 radical (unpaired) electrons. The fourth-order valence-electron chi connectivity index (χ4n) is 4.58. The molecular weight excluding hydrogens is 350 g/mol. The molecule has 1 aromatic heterocycles. The summed E-state index contributed by atoms with van der Waals surface area (Å²) in [6.07, 6.45) is 8.54. The predicted molar refractivity (Wildman–Crippen MR) is 110 cm³/mol. The summed E-state index contributed by atoms with van der Waals surface area (Å²) in [6, 6.07) is 15.0. The molecule has 0 saturated carbocycles. The summed E-state index contributed by atoms with van der Waals surface area (Å²) in [5.41, 5.74) is 1.22. The topological polar surface area (TPSA) is 46.5 Å². The van der Waals surface area contributed by atoms with Gasteiger partial charge in [0.05, 0.1) is 12.0 Å². The average Bonchev–Trinajstić information content (AvgIpc) is 3.27. The Morgan fingerprint density at radius 2 is 1.71 bits per heavy atom. The number of carbonyl (C=O) groups excluding carboxylic acids is 1. The van der Waals surface area contributed by atoms with Crippen LogP contribution < -0.4 is 5.32 Å². The van der Waals surface area contributed by atoms with Gasteiger partial charge in [0.1, 0.15) is 0 Å². The Labute approximate surface area is 167 Å². The number of carbonyl (C=O) groups is 1. The number of amides is 1. The lowest BCUT2D eigenvalue weighted by Crippen LogP contribution is -2.48.